The zero-order valence-electron chi connectivity index (χ0n) is 42.9. The van der Waals surface area contributed by atoms with E-state index in [1.165, 1.54) is 12.5 Å². The molecule has 0 spiro atoms. The summed E-state index contributed by atoms with van der Waals surface area (Å²) in [4.78, 5) is 0. The van der Waals surface area contributed by atoms with Crippen LogP contribution in [0.2, 0.25) is 0 Å². The van der Waals surface area contributed by atoms with Crippen LogP contribution in [-0.4, -0.2) is 239 Å². The fourth-order valence-electron chi connectivity index (χ4n) is 15.0. The van der Waals surface area contributed by atoms with Crippen LogP contribution < -0.4 is 0 Å². The van der Waals surface area contributed by atoms with E-state index in [4.69, 9.17) is 42.6 Å². The number of hydrogen-bond acceptors (Lipinski definition) is 23. The predicted molar refractivity (Wildman–Crippen MR) is 250 cm³/mol. The Labute approximate surface area is 430 Å². The molecule has 0 amide bonds. The fraction of sp³-hybridized carbons (Fsp3) is 0.961. The topological polar surface area (TPSA) is 366 Å². The first-order chi connectivity index (χ1) is 35.0. The van der Waals surface area contributed by atoms with Gasteiger partial charge >= 0.3 is 0 Å². The molecule has 5 aliphatic heterocycles. The third kappa shape index (κ3) is 10.2. The van der Waals surface area contributed by atoms with Gasteiger partial charge in [0.1, 0.15) is 91.6 Å². The van der Waals surface area contributed by atoms with Crippen LogP contribution in [0.3, 0.4) is 0 Å². The van der Waals surface area contributed by atoms with Gasteiger partial charge in [-0.2, -0.15) is 0 Å². The Hall–Kier alpha value is -1.18. The highest BCUT2D eigenvalue weighted by molar-refractivity contribution is 5.26. The Bertz CT molecular complexity index is 1920. The van der Waals surface area contributed by atoms with Gasteiger partial charge < -0.3 is 114 Å². The molecular weight excluding hydrogens is 981 g/mol. The zero-order valence-corrected chi connectivity index (χ0v) is 42.9. The van der Waals surface area contributed by atoms with Crippen LogP contribution in [0.25, 0.3) is 0 Å². The lowest BCUT2D eigenvalue weighted by Crippen LogP contribution is -2.67. The monoisotopic (exact) mass is 1060 g/mol. The molecule has 0 aromatic heterocycles. The largest absolute Gasteiger partial charge is 0.394 e. The maximum atomic E-state index is 12.1. The summed E-state index contributed by atoms with van der Waals surface area (Å²) >= 11 is 0. The number of allylic oxidation sites excluding steroid dienone is 1. The molecule has 9 aliphatic rings. The number of aliphatic hydroxyl groups excluding tert-OH is 13. The van der Waals surface area contributed by atoms with Crippen LogP contribution in [0, 0.1) is 46.3 Å². The van der Waals surface area contributed by atoms with Gasteiger partial charge in [0.2, 0.25) is 0 Å². The summed E-state index contributed by atoms with van der Waals surface area (Å²) in [6.07, 6.45) is -22.1. The molecule has 14 N–H and O–H groups in total. The van der Waals surface area contributed by atoms with Gasteiger partial charge in [-0.15, -0.1) is 0 Å². The average molecular weight is 1070 g/mol. The van der Waals surface area contributed by atoms with Crippen molar-refractivity contribution < 1.29 is 114 Å². The van der Waals surface area contributed by atoms with E-state index >= 15 is 0 Å². The molecule has 4 aliphatic carbocycles. The lowest BCUT2D eigenvalue weighted by Gasteiger charge is -2.58. The normalized spacial score (nSPS) is 54.9. The zero-order chi connectivity index (χ0) is 53.5. The summed E-state index contributed by atoms with van der Waals surface area (Å²) in [6.45, 7) is 8.35. The van der Waals surface area contributed by atoms with Crippen molar-refractivity contribution >= 4 is 0 Å². The molecule has 9 rings (SSSR count). The number of hydrogen-bond donors (Lipinski definition) is 14. The molecule has 23 nitrogen and oxygen atoms in total. The van der Waals surface area contributed by atoms with E-state index in [1.54, 1.807) is 0 Å². The van der Waals surface area contributed by atoms with Gasteiger partial charge in [-0.05, 0) is 98.7 Å². The summed E-state index contributed by atoms with van der Waals surface area (Å²) in [5, 5.41) is 148. The Morgan fingerprint density at radius 1 is 0.635 bits per heavy atom. The number of fused-ring (bicyclic) bond motifs is 7. The van der Waals surface area contributed by atoms with Crippen molar-refractivity contribution in [2.45, 2.75) is 233 Å². The van der Waals surface area contributed by atoms with Crippen LogP contribution >= 0.6 is 0 Å². The molecule has 5 saturated heterocycles. The number of ether oxygens (including phenoxy) is 9. The summed E-state index contributed by atoms with van der Waals surface area (Å²) in [6, 6.07) is 0. The lowest BCUT2D eigenvalue weighted by molar-refractivity contribution is -0.389. The molecule has 0 aromatic carbocycles. The predicted octanol–water partition coefficient (Wildman–Crippen LogP) is -3.01. The van der Waals surface area contributed by atoms with Gasteiger partial charge in [-0.25, -0.2) is 0 Å². The molecule has 0 aromatic rings. The minimum Gasteiger partial charge on any atom is -0.394 e. The molecule has 23 heteroatoms. The summed E-state index contributed by atoms with van der Waals surface area (Å²) in [7, 11) is 0. The highest BCUT2D eigenvalue weighted by Gasteiger charge is 2.68. The van der Waals surface area contributed by atoms with Crippen molar-refractivity contribution in [3.63, 3.8) is 0 Å². The third-order valence-corrected chi connectivity index (χ3v) is 19.5. The Kier molecular flexibility index (Phi) is 17.4. The van der Waals surface area contributed by atoms with Crippen LogP contribution in [0.1, 0.15) is 92.4 Å². The molecular formula is C51H84O23. The number of aliphatic hydroxyl groups is 14. The van der Waals surface area contributed by atoms with Crippen LogP contribution in [0.4, 0.5) is 0 Å². The van der Waals surface area contributed by atoms with Crippen molar-refractivity contribution in [3.05, 3.63) is 11.6 Å². The van der Waals surface area contributed by atoms with Gasteiger partial charge in [0, 0.05) is 12.3 Å². The molecule has 8 fully saturated rings. The highest BCUT2D eigenvalue weighted by Crippen LogP contribution is 2.70. The van der Waals surface area contributed by atoms with Crippen LogP contribution in [0.5, 0.6) is 0 Å². The Balaban J connectivity index is 0.849. The van der Waals surface area contributed by atoms with E-state index in [0.717, 1.165) is 32.1 Å². The first-order valence-corrected chi connectivity index (χ1v) is 26.9. The first kappa shape index (κ1) is 57.5. The lowest BCUT2D eigenvalue weighted by atomic mass is 9.47. The molecule has 5 heterocycles. The fourth-order valence-corrected chi connectivity index (χ4v) is 15.0. The van der Waals surface area contributed by atoms with Crippen molar-refractivity contribution in [3.8, 4) is 0 Å². The highest BCUT2D eigenvalue weighted by atomic mass is 16.8. The summed E-state index contributed by atoms with van der Waals surface area (Å²) in [5.41, 5.74) is 1.02. The molecule has 74 heavy (non-hydrogen) atoms. The second kappa shape index (κ2) is 22.4. The average Bonchev–Trinajstić information content (AvgIpc) is 3.82. The van der Waals surface area contributed by atoms with E-state index in [-0.39, 0.29) is 41.3 Å². The molecule has 11 unspecified atom stereocenters. The molecule has 0 bridgehead atoms. The maximum absolute atomic E-state index is 12.1. The Morgan fingerprint density at radius 2 is 1.22 bits per heavy atom. The van der Waals surface area contributed by atoms with Gasteiger partial charge in [-0.1, -0.05) is 39.3 Å². The third-order valence-electron chi connectivity index (χ3n) is 19.5. The van der Waals surface area contributed by atoms with Crippen molar-refractivity contribution in [1.29, 1.82) is 0 Å². The second-order valence-corrected chi connectivity index (χ2v) is 23.8. The minimum absolute atomic E-state index is 0.0705. The summed E-state index contributed by atoms with van der Waals surface area (Å²) in [5.74, 6) is -0.310. The quantitative estimate of drug-likeness (QED) is 0.0727. The maximum Gasteiger partial charge on any atom is 0.187 e. The minimum atomic E-state index is -1.85. The van der Waals surface area contributed by atoms with Crippen molar-refractivity contribution in [1.82, 2.24) is 0 Å². The van der Waals surface area contributed by atoms with Crippen molar-refractivity contribution in [2.75, 3.05) is 26.4 Å². The molecule has 426 valence electrons. The van der Waals surface area contributed by atoms with E-state index in [0.29, 0.717) is 43.4 Å². The van der Waals surface area contributed by atoms with Crippen LogP contribution in [0.15, 0.2) is 11.6 Å². The number of rotatable bonds is 15. The first-order valence-electron chi connectivity index (χ1n) is 26.9. The van der Waals surface area contributed by atoms with E-state index < -0.39 is 155 Å². The van der Waals surface area contributed by atoms with Gasteiger partial charge in [0.15, 0.2) is 30.9 Å². The smallest absolute Gasteiger partial charge is 0.187 e. The SMILES string of the molecule is CC(CCC1(O)OC2CC3C4CC=C5CC(O[C@@H]6O[C@H](CO)[C@@H](O[C@@H]7O[C@H](CO)[C@@H](O)[C@H](O)[C@H]7O)[C@H](O)[C@H]6O[C@@H]6O[C@@H](C)[C@H](O)[C@@H](O)[C@H]6O)CCC5(C)C4CCC3(C)C2C1C)CO[C@@H]1O[C@H](CO)[C@@H](O)[C@H](O)[C@H]1O. The van der Waals surface area contributed by atoms with Gasteiger partial charge in [0.05, 0.1) is 44.7 Å². The van der Waals surface area contributed by atoms with E-state index in [2.05, 4.69) is 26.8 Å². The van der Waals surface area contributed by atoms with Crippen LogP contribution in [-0.2, 0) is 42.6 Å². The molecule has 0 radical (unpaired) electrons. The van der Waals surface area contributed by atoms with Gasteiger partial charge in [0.25, 0.3) is 0 Å². The second-order valence-electron chi connectivity index (χ2n) is 23.8. The van der Waals surface area contributed by atoms with E-state index in [1.807, 2.05) is 6.92 Å². The Morgan fingerprint density at radius 3 is 1.86 bits per heavy atom. The summed E-state index contributed by atoms with van der Waals surface area (Å²) < 4.78 is 54.4. The van der Waals surface area contributed by atoms with E-state index in [9.17, 15) is 71.5 Å². The van der Waals surface area contributed by atoms with Gasteiger partial charge in [-0.3, -0.25) is 0 Å². The standard InChI is InChI=1S/C51H84O23/c1-20(19-66-45-39(61)37(59)34(56)29(16-52)69-45)8-13-51(65)21(2)32-28(74-51)15-27-25-7-6-23-14-24(9-11-49(23,4)26(25)10-12-50(27,32)5)68-48-44(73-46-40(62)36(58)33(55)22(3)67-46)42(64)43(31(18-54)71-48)72-47-41(63)38(60)35(57)30(17-53)70-47/h6,20-22,24-48,52-65H,7-19H2,1-5H3/t20?,21?,22-,24?,25?,26?,27?,28?,29+,30+,31+,32?,33-,34+,35+,36+,37-,38-,39+,40+,41+,42-,43+,44+,45+,46-,47-,48+,49?,50?,51?/m0/s1. The molecule has 3 saturated carbocycles. The molecule has 31 atom stereocenters. The van der Waals surface area contributed by atoms with Crippen molar-refractivity contribution in [2.24, 2.45) is 46.3 Å².